The molecule has 0 aliphatic carbocycles. The minimum absolute atomic E-state index is 0.0127. The van der Waals surface area contributed by atoms with Gasteiger partial charge in [-0.05, 0) is 13.0 Å². The van der Waals surface area contributed by atoms with E-state index >= 15 is 0 Å². The Hall–Kier alpha value is -1.75. The van der Waals surface area contributed by atoms with Crippen molar-refractivity contribution in [1.82, 2.24) is 0 Å². The Morgan fingerprint density at radius 1 is 1.40 bits per heavy atom. The molecule has 1 aromatic carbocycles. The van der Waals surface area contributed by atoms with Gasteiger partial charge in [-0.15, -0.1) is 0 Å². The van der Waals surface area contributed by atoms with Crippen LogP contribution in [0.5, 0.6) is 11.5 Å². The van der Waals surface area contributed by atoms with Crippen LogP contribution in [-0.2, 0) is 4.74 Å². The van der Waals surface area contributed by atoms with Gasteiger partial charge in [-0.2, -0.15) is 0 Å². The first kappa shape index (κ1) is 9.79. The van der Waals surface area contributed by atoms with Crippen LogP contribution in [0.2, 0.25) is 0 Å². The number of ether oxygens (including phenoxy) is 1. The van der Waals surface area contributed by atoms with Crippen molar-refractivity contribution < 1.29 is 24.9 Å². The van der Waals surface area contributed by atoms with Gasteiger partial charge in [0.15, 0.2) is 6.10 Å². The van der Waals surface area contributed by atoms with Crippen molar-refractivity contribution in [2.75, 3.05) is 0 Å². The number of hydrogen-bond acceptors (Lipinski definition) is 5. The number of carbonyl (C=O) groups excluding carboxylic acids is 1. The fourth-order valence-corrected chi connectivity index (χ4v) is 1.68. The molecule has 0 radical (unpaired) electrons. The van der Waals surface area contributed by atoms with Crippen LogP contribution in [0, 0.1) is 0 Å². The number of esters is 1. The van der Waals surface area contributed by atoms with Gasteiger partial charge >= 0.3 is 5.97 Å². The van der Waals surface area contributed by atoms with E-state index in [1.807, 2.05) is 0 Å². The van der Waals surface area contributed by atoms with E-state index in [4.69, 9.17) is 4.74 Å². The van der Waals surface area contributed by atoms with E-state index in [1.165, 1.54) is 13.0 Å². The molecule has 1 aliphatic heterocycles. The minimum Gasteiger partial charge on any atom is -0.508 e. The molecule has 1 heterocycles. The number of phenols is 2. The Bertz CT molecular complexity index is 424. The molecule has 3 N–H and O–H groups in total. The number of rotatable bonds is 1. The Morgan fingerprint density at radius 3 is 2.67 bits per heavy atom. The molecule has 0 saturated heterocycles. The number of hydrogen-bond donors (Lipinski definition) is 3. The second kappa shape index (κ2) is 3.13. The first-order valence-electron chi connectivity index (χ1n) is 4.45. The third-order valence-corrected chi connectivity index (χ3v) is 2.32. The molecule has 0 fully saturated rings. The molecule has 15 heavy (non-hydrogen) atoms. The van der Waals surface area contributed by atoms with Crippen molar-refractivity contribution in [3.8, 4) is 11.5 Å². The molecular formula is C10H10O5. The maximum absolute atomic E-state index is 11.3. The maximum Gasteiger partial charge on any atom is 0.343 e. The summed E-state index contributed by atoms with van der Waals surface area (Å²) < 4.78 is 4.87. The second-order valence-electron chi connectivity index (χ2n) is 3.50. The molecule has 0 aromatic heterocycles. The van der Waals surface area contributed by atoms with E-state index in [2.05, 4.69) is 0 Å². The Morgan fingerprint density at radius 2 is 2.07 bits per heavy atom. The molecule has 0 saturated carbocycles. The molecule has 1 aromatic rings. The number of aliphatic hydroxyl groups excluding tert-OH is 1. The lowest BCUT2D eigenvalue weighted by atomic mass is 10.0. The predicted octanol–water partition coefficient (Wildman–Crippen LogP) is 0.690. The number of aliphatic hydroxyl groups is 1. The van der Waals surface area contributed by atoms with Gasteiger partial charge in [0.05, 0.1) is 6.10 Å². The highest BCUT2D eigenvalue weighted by Crippen LogP contribution is 2.40. The predicted molar refractivity (Wildman–Crippen MR) is 49.6 cm³/mol. The zero-order valence-electron chi connectivity index (χ0n) is 7.97. The standard InChI is InChI=1S/C10H10O5/c1-4(11)9-6-2-5(12)3-7(13)8(6)10(14)15-9/h2-4,9,11-13H,1H3. The van der Waals surface area contributed by atoms with Gasteiger partial charge in [0.1, 0.15) is 17.1 Å². The summed E-state index contributed by atoms with van der Waals surface area (Å²) in [6, 6.07) is 2.36. The lowest BCUT2D eigenvalue weighted by Crippen LogP contribution is -2.14. The summed E-state index contributed by atoms with van der Waals surface area (Å²) in [6.45, 7) is 1.47. The van der Waals surface area contributed by atoms with E-state index < -0.39 is 18.2 Å². The SMILES string of the molecule is CC(O)C1OC(=O)c2c(O)cc(O)cc21. The van der Waals surface area contributed by atoms with E-state index in [-0.39, 0.29) is 17.1 Å². The van der Waals surface area contributed by atoms with Crippen LogP contribution >= 0.6 is 0 Å². The van der Waals surface area contributed by atoms with Crippen LogP contribution in [0.15, 0.2) is 12.1 Å². The van der Waals surface area contributed by atoms with E-state index in [0.29, 0.717) is 5.56 Å². The fraction of sp³-hybridized carbons (Fsp3) is 0.300. The number of benzene rings is 1. The average Bonchev–Trinajstić information content (AvgIpc) is 2.42. The molecule has 5 nitrogen and oxygen atoms in total. The summed E-state index contributed by atoms with van der Waals surface area (Å²) >= 11 is 0. The highest BCUT2D eigenvalue weighted by Gasteiger charge is 2.36. The lowest BCUT2D eigenvalue weighted by Gasteiger charge is -2.13. The van der Waals surface area contributed by atoms with Crippen LogP contribution < -0.4 is 0 Å². The summed E-state index contributed by atoms with van der Waals surface area (Å²) in [5.41, 5.74) is 0.325. The smallest absolute Gasteiger partial charge is 0.343 e. The quantitative estimate of drug-likeness (QED) is 0.593. The van der Waals surface area contributed by atoms with E-state index in [9.17, 15) is 20.1 Å². The minimum atomic E-state index is -0.892. The maximum atomic E-state index is 11.3. The normalized spacial score (nSPS) is 20.9. The van der Waals surface area contributed by atoms with Crippen LogP contribution in [0.1, 0.15) is 28.9 Å². The van der Waals surface area contributed by atoms with Gasteiger partial charge in [-0.1, -0.05) is 0 Å². The van der Waals surface area contributed by atoms with Crippen molar-refractivity contribution in [1.29, 1.82) is 0 Å². The highest BCUT2D eigenvalue weighted by molar-refractivity contribution is 5.97. The van der Waals surface area contributed by atoms with Gasteiger partial charge < -0.3 is 20.1 Å². The topological polar surface area (TPSA) is 87.0 Å². The van der Waals surface area contributed by atoms with Gasteiger partial charge in [0.2, 0.25) is 0 Å². The van der Waals surface area contributed by atoms with Crippen molar-refractivity contribution in [2.45, 2.75) is 19.1 Å². The summed E-state index contributed by atoms with van der Waals surface area (Å²) in [5.74, 6) is -1.19. The molecule has 80 valence electrons. The zero-order valence-corrected chi connectivity index (χ0v) is 7.97. The molecular weight excluding hydrogens is 200 g/mol. The van der Waals surface area contributed by atoms with Crippen LogP contribution in [0.4, 0.5) is 0 Å². The van der Waals surface area contributed by atoms with Crippen molar-refractivity contribution in [2.24, 2.45) is 0 Å². The van der Waals surface area contributed by atoms with Crippen molar-refractivity contribution in [3.05, 3.63) is 23.3 Å². The third-order valence-electron chi connectivity index (χ3n) is 2.32. The second-order valence-corrected chi connectivity index (χ2v) is 3.50. The molecule has 0 spiro atoms. The molecule has 2 atom stereocenters. The molecule has 2 rings (SSSR count). The highest BCUT2D eigenvalue weighted by atomic mass is 16.6. The average molecular weight is 210 g/mol. The zero-order chi connectivity index (χ0) is 11.2. The van der Waals surface area contributed by atoms with Gasteiger partial charge in [0, 0.05) is 11.6 Å². The first-order valence-corrected chi connectivity index (χ1v) is 4.45. The van der Waals surface area contributed by atoms with Gasteiger partial charge in [-0.25, -0.2) is 4.79 Å². The van der Waals surface area contributed by atoms with E-state index in [0.717, 1.165) is 6.07 Å². The first-order chi connectivity index (χ1) is 7.00. The number of phenolic OH excluding ortho intramolecular Hbond substituents is 2. The molecule has 2 unspecified atom stereocenters. The summed E-state index contributed by atoms with van der Waals surface area (Å²) in [4.78, 5) is 11.3. The van der Waals surface area contributed by atoms with Crippen LogP contribution in [-0.4, -0.2) is 27.4 Å². The summed E-state index contributed by atoms with van der Waals surface area (Å²) in [6.07, 6.45) is -1.72. The fourth-order valence-electron chi connectivity index (χ4n) is 1.68. The van der Waals surface area contributed by atoms with Crippen molar-refractivity contribution >= 4 is 5.97 Å². The number of fused-ring (bicyclic) bond motifs is 1. The van der Waals surface area contributed by atoms with Crippen LogP contribution in [0.25, 0.3) is 0 Å². The van der Waals surface area contributed by atoms with Crippen molar-refractivity contribution in [3.63, 3.8) is 0 Å². The lowest BCUT2D eigenvalue weighted by molar-refractivity contribution is -0.00282. The summed E-state index contributed by atoms with van der Waals surface area (Å²) in [5, 5.41) is 28.1. The van der Waals surface area contributed by atoms with Gasteiger partial charge in [0.25, 0.3) is 0 Å². The Balaban J connectivity index is 2.60. The molecule has 0 amide bonds. The molecule has 0 bridgehead atoms. The number of aromatic hydroxyl groups is 2. The Labute approximate surface area is 85.5 Å². The third kappa shape index (κ3) is 1.41. The van der Waals surface area contributed by atoms with E-state index in [1.54, 1.807) is 0 Å². The summed E-state index contributed by atoms with van der Waals surface area (Å²) in [7, 11) is 0. The largest absolute Gasteiger partial charge is 0.508 e. The monoisotopic (exact) mass is 210 g/mol. The van der Waals surface area contributed by atoms with Crippen LogP contribution in [0.3, 0.4) is 0 Å². The molecule has 5 heteroatoms. The Kier molecular flexibility index (Phi) is 2.04. The van der Waals surface area contributed by atoms with Gasteiger partial charge in [-0.3, -0.25) is 0 Å². The number of carbonyl (C=O) groups is 1. The number of cyclic esters (lactones) is 1. The molecule has 1 aliphatic rings.